The molecule has 3 heteroatoms. The molecule has 0 aliphatic heterocycles. The molecule has 4 aliphatic carbocycles. The molecule has 0 aromatic rings. The Morgan fingerprint density at radius 2 is 1.85 bits per heavy atom. The Kier molecular flexibility index (Phi) is 5.90. The van der Waals surface area contributed by atoms with E-state index in [1.54, 1.807) is 12.5 Å². The second-order valence-corrected chi connectivity index (χ2v) is 13.0. The number of rotatable bonds is 5. The molecule has 4 aliphatic rings. The lowest BCUT2D eigenvalue weighted by atomic mass is 9.38. The summed E-state index contributed by atoms with van der Waals surface area (Å²) in [7, 11) is 0. The summed E-state index contributed by atoms with van der Waals surface area (Å²) in [5, 5.41) is 9.13. The molecule has 0 aromatic carbocycles. The van der Waals surface area contributed by atoms with E-state index >= 15 is 0 Å². The molecule has 33 heavy (non-hydrogen) atoms. The van der Waals surface area contributed by atoms with E-state index in [0.29, 0.717) is 35.0 Å². The molecule has 0 spiro atoms. The molecule has 0 heterocycles. The number of carbonyl (C=O) groups excluding carboxylic acids is 1. The quantitative estimate of drug-likeness (QED) is 0.349. The molecule has 1 N–H and O–H groups in total. The van der Waals surface area contributed by atoms with E-state index in [1.165, 1.54) is 19.3 Å². The lowest BCUT2D eigenvalue weighted by molar-refractivity contribution is -0.148. The van der Waals surface area contributed by atoms with Crippen LogP contribution in [0.1, 0.15) is 93.4 Å². The minimum atomic E-state index is -0.809. The zero-order valence-corrected chi connectivity index (χ0v) is 21.8. The van der Waals surface area contributed by atoms with Crippen LogP contribution in [0.15, 0.2) is 35.5 Å². The van der Waals surface area contributed by atoms with Gasteiger partial charge in [0, 0.05) is 11.0 Å². The summed E-state index contributed by atoms with van der Waals surface area (Å²) in [5.41, 5.74) is 2.40. The van der Waals surface area contributed by atoms with Gasteiger partial charge in [0.15, 0.2) is 5.78 Å². The van der Waals surface area contributed by atoms with Gasteiger partial charge in [-0.3, -0.25) is 4.79 Å². The van der Waals surface area contributed by atoms with E-state index < -0.39 is 5.97 Å². The fraction of sp³-hybridized carbons (Fsp3) is 0.733. The molecule has 0 radical (unpaired) electrons. The highest BCUT2D eigenvalue weighted by molar-refractivity contribution is 5.95. The Morgan fingerprint density at radius 3 is 2.52 bits per heavy atom. The van der Waals surface area contributed by atoms with Gasteiger partial charge >= 0.3 is 5.97 Å². The average Bonchev–Trinajstić information content (AvgIpc) is 3.09. The highest BCUT2D eigenvalue weighted by atomic mass is 16.4. The van der Waals surface area contributed by atoms with Crippen LogP contribution in [0.3, 0.4) is 0 Å². The summed E-state index contributed by atoms with van der Waals surface area (Å²) in [6.07, 6.45) is 16.5. The van der Waals surface area contributed by atoms with Crippen molar-refractivity contribution in [1.29, 1.82) is 0 Å². The second-order valence-electron chi connectivity index (χ2n) is 13.0. The summed E-state index contributed by atoms with van der Waals surface area (Å²) in [6, 6.07) is 0. The molecule has 0 saturated heterocycles. The Morgan fingerprint density at radius 1 is 1.15 bits per heavy atom. The van der Waals surface area contributed by atoms with Crippen molar-refractivity contribution >= 4 is 11.8 Å². The molecular weight excluding hydrogens is 408 g/mol. The van der Waals surface area contributed by atoms with Gasteiger partial charge in [-0.25, -0.2) is 4.79 Å². The Bertz CT molecular complexity index is 936. The van der Waals surface area contributed by atoms with Crippen LogP contribution in [-0.4, -0.2) is 16.9 Å². The molecular formula is C30H44O3. The van der Waals surface area contributed by atoms with Crippen LogP contribution in [0.2, 0.25) is 0 Å². The highest BCUT2D eigenvalue weighted by Crippen LogP contribution is 2.73. The van der Waals surface area contributed by atoms with Gasteiger partial charge in [-0.1, -0.05) is 65.3 Å². The molecule has 3 nitrogen and oxygen atoms in total. The minimum absolute atomic E-state index is 0.0678. The summed E-state index contributed by atoms with van der Waals surface area (Å²) < 4.78 is 0. The fourth-order valence-corrected chi connectivity index (χ4v) is 8.88. The molecule has 2 fully saturated rings. The van der Waals surface area contributed by atoms with Crippen LogP contribution in [-0.2, 0) is 9.59 Å². The van der Waals surface area contributed by atoms with Crippen LogP contribution >= 0.6 is 0 Å². The molecule has 0 aromatic heterocycles. The minimum Gasteiger partial charge on any atom is -0.478 e. The van der Waals surface area contributed by atoms with E-state index in [9.17, 15) is 9.59 Å². The van der Waals surface area contributed by atoms with Gasteiger partial charge in [0.2, 0.25) is 0 Å². The number of carbonyl (C=O) groups is 2. The number of hydrogen-bond donors (Lipinski definition) is 1. The molecule has 2 saturated carbocycles. The molecule has 182 valence electrons. The lowest BCUT2D eigenvalue weighted by Crippen LogP contribution is -2.60. The van der Waals surface area contributed by atoms with Gasteiger partial charge < -0.3 is 5.11 Å². The largest absolute Gasteiger partial charge is 0.478 e. The number of carboxylic acid groups (broad SMARTS) is 1. The maximum absolute atomic E-state index is 12.7. The van der Waals surface area contributed by atoms with Crippen LogP contribution in [0.25, 0.3) is 0 Å². The Balaban J connectivity index is 1.61. The Hall–Kier alpha value is -1.64. The van der Waals surface area contributed by atoms with Crippen molar-refractivity contribution in [2.24, 2.45) is 45.3 Å². The summed E-state index contributed by atoms with van der Waals surface area (Å²) in [5.74, 6) is 1.64. The first kappa shape index (κ1) is 24.5. The molecule has 0 bridgehead atoms. The highest BCUT2D eigenvalue weighted by Gasteiger charge is 2.66. The number of aliphatic carboxylic acids is 1. The number of hydrogen-bond acceptors (Lipinski definition) is 2. The van der Waals surface area contributed by atoms with Crippen LogP contribution < -0.4 is 0 Å². The van der Waals surface area contributed by atoms with Crippen molar-refractivity contribution in [3.8, 4) is 0 Å². The monoisotopic (exact) mass is 452 g/mol. The third-order valence-electron chi connectivity index (χ3n) is 11.2. The van der Waals surface area contributed by atoms with Crippen molar-refractivity contribution in [3.63, 3.8) is 0 Å². The van der Waals surface area contributed by atoms with Crippen molar-refractivity contribution < 1.29 is 14.7 Å². The molecule has 7 unspecified atom stereocenters. The first-order valence-electron chi connectivity index (χ1n) is 13.1. The van der Waals surface area contributed by atoms with Crippen molar-refractivity contribution in [3.05, 3.63) is 35.5 Å². The number of ketones is 1. The summed E-state index contributed by atoms with van der Waals surface area (Å²) in [6.45, 7) is 15.9. The molecule has 4 rings (SSSR count). The molecule has 0 amide bonds. The topological polar surface area (TPSA) is 54.4 Å². The van der Waals surface area contributed by atoms with Crippen LogP contribution in [0, 0.1) is 45.3 Å². The van der Waals surface area contributed by atoms with E-state index in [2.05, 4.69) is 53.7 Å². The predicted molar refractivity (Wildman–Crippen MR) is 134 cm³/mol. The SMILES string of the molecule is C/C(=C\CCC(C)C1CCC2(C)C1=CCC1C3(C)C=CC(=O)C(C)(C)C3CCC12C)C(=O)O. The van der Waals surface area contributed by atoms with Crippen molar-refractivity contribution in [2.75, 3.05) is 0 Å². The van der Waals surface area contributed by atoms with Crippen molar-refractivity contribution in [2.45, 2.75) is 93.4 Å². The van der Waals surface area contributed by atoms with E-state index in [-0.39, 0.29) is 21.7 Å². The third kappa shape index (κ3) is 3.43. The van der Waals surface area contributed by atoms with Gasteiger partial charge in [0.1, 0.15) is 0 Å². The zero-order chi connectivity index (χ0) is 24.4. The van der Waals surface area contributed by atoms with Crippen LogP contribution in [0.4, 0.5) is 0 Å². The number of fused-ring (bicyclic) bond motifs is 5. The van der Waals surface area contributed by atoms with Gasteiger partial charge in [0.05, 0.1) is 0 Å². The molecule has 7 atom stereocenters. The van der Waals surface area contributed by atoms with Crippen molar-refractivity contribution in [1.82, 2.24) is 0 Å². The smallest absolute Gasteiger partial charge is 0.330 e. The third-order valence-corrected chi connectivity index (χ3v) is 11.2. The first-order chi connectivity index (χ1) is 15.3. The van der Waals surface area contributed by atoms with Gasteiger partial charge in [0.25, 0.3) is 0 Å². The first-order valence-corrected chi connectivity index (χ1v) is 13.1. The van der Waals surface area contributed by atoms with Gasteiger partial charge in [-0.2, -0.15) is 0 Å². The maximum Gasteiger partial charge on any atom is 0.330 e. The van der Waals surface area contributed by atoms with E-state index in [4.69, 9.17) is 5.11 Å². The second kappa shape index (κ2) is 7.95. The lowest BCUT2D eigenvalue weighted by Gasteiger charge is -2.66. The summed E-state index contributed by atoms with van der Waals surface area (Å²) in [4.78, 5) is 23.9. The zero-order valence-electron chi connectivity index (χ0n) is 21.8. The van der Waals surface area contributed by atoms with Crippen LogP contribution in [0.5, 0.6) is 0 Å². The van der Waals surface area contributed by atoms with Gasteiger partial charge in [-0.15, -0.1) is 0 Å². The average molecular weight is 453 g/mol. The maximum atomic E-state index is 12.7. The normalized spacial score (nSPS) is 42.8. The standard InChI is InChI=1S/C30H44O3/c1-19(9-8-10-20(2)26(32)33)21-13-17-29(6)22(21)11-12-24-28(5)16-15-25(31)27(3,4)23(28)14-18-30(24,29)7/h10-11,15-16,19,21,23-24H,8-9,12-14,17-18H2,1-7H3,(H,32,33)/b20-10+. The fourth-order valence-electron chi connectivity index (χ4n) is 8.88. The number of carboxylic acids is 1. The Labute approximate surface area is 200 Å². The number of allylic oxidation sites excluding steroid dienone is 5. The van der Waals surface area contributed by atoms with E-state index in [0.717, 1.165) is 25.7 Å². The van der Waals surface area contributed by atoms with Gasteiger partial charge in [-0.05, 0) is 97.9 Å². The predicted octanol–water partition coefficient (Wildman–Crippen LogP) is 7.38. The van der Waals surface area contributed by atoms with E-state index in [1.807, 2.05) is 12.2 Å². The summed E-state index contributed by atoms with van der Waals surface area (Å²) >= 11 is 0.